The fourth-order valence-corrected chi connectivity index (χ4v) is 7.05. The van der Waals surface area contributed by atoms with Gasteiger partial charge in [-0.1, -0.05) is 63.2 Å². The lowest BCUT2D eigenvalue weighted by molar-refractivity contribution is -0.147. The zero-order chi connectivity index (χ0) is 40.9. The molecule has 56 heavy (non-hydrogen) atoms. The maximum atomic E-state index is 14.9. The van der Waals surface area contributed by atoms with Crippen LogP contribution in [0.4, 0.5) is 4.79 Å². The lowest BCUT2D eigenvalue weighted by Crippen LogP contribution is -2.62. The van der Waals surface area contributed by atoms with Crippen LogP contribution in [0, 0.1) is 5.41 Å². The van der Waals surface area contributed by atoms with Gasteiger partial charge in [0.15, 0.2) is 0 Å². The third-order valence-electron chi connectivity index (χ3n) is 10.4. The first kappa shape index (κ1) is 41.8. The molecule has 1 aliphatic heterocycles. The van der Waals surface area contributed by atoms with Gasteiger partial charge in [0.2, 0.25) is 17.7 Å². The van der Waals surface area contributed by atoms with Gasteiger partial charge in [0.05, 0.1) is 18.7 Å². The fourth-order valence-electron chi connectivity index (χ4n) is 7.05. The second kappa shape index (κ2) is 17.2. The van der Waals surface area contributed by atoms with Crippen LogP contribution < -0.4 is 15.4 Å². The molecule has 0 radical (unpaired) electrons. The van der Waals surface area contributed by atoms with Crippen molar-refractivity contribution in [2.24, 2.45) is 5.41 Å². The van der Waals surface area contributed by atoms with Crippen molar-refractivity contribution in [1.82, 2.24) is 20.4 Å². The fraction of sp³-hybridized carbons (Fsp3) is 0.477. The minimum absolute atomic E-state index is 0.106. The van der Waals surface area contributed by atoms with Crippen LogP contribution in [0.15, 0.2) is 66.7 Å². The van der Waals surface area contributed by atoms with E-state index in [4.69, 9.17) is 14.2 Å². The molecule has 2 aliphatic rings. The van der Waals surface area contributed by atoms with Crippen LogP contribution in [0.25, 0.3) is 0 Å². The van der Waals surface area contributed by atoms with Crippen molar-refractivity contribution in [2.75, 3.05) is 14.2 Å². The predicted octanol–water partition coefficient (Wildman–Crippen LogP) is 6.29. The average Bonchev–Trinajstić information content (AvgIpc) is 3.16. The van der Waals surface area contributed by atoms with Crippen LogP contribution in [0.1, 0.15) is 106 Å². The monoisotopic (exact) mass is 768 g/mol. The number of hydrogen-bond donors (Lipinski definition) is 2. The first-order chi connectivity index (χ1) is 26.4. The smallest absolute Gasteiger partial charge is 0.410 e. The number of nitrogens with one attached hydrogen (secondary N) is 2. The molecule has 12 nitrogen and oxygen atoms in total. The van der Waals surface area contributed by atoms with Gasteiger partial charge < -0.3 is 29.7 Å². The maximum Gasteiger partial charge on any atom is 0.410 e. The standard InChI is InChI=1S/C44H56N4O8/c1-27(47(8)42(53)56-44(5,6)7)38(49)46-37(43(2,3)4)40(51)48-25-32-23-33(55-26-28-17-19-30(20-18-28)41(52)54-9)22-21-31(32)24-36(48)39(50)45-35-16-12-14-29-13-10-11-15-34(29)35/h10-11,13,15,17-23,27,35-37H,12,14,16,24-26H2,1-9H3,(H,45,50)(H,46,49)/t27-,35?,36?,37?/m0/s1. The molecule has 1 aliphatic carbocycles. The zero-order valence-corrected chi connectivity index (χ0v) is 34.1. The summed E-state index contributed by atoms with van der Waals surface area (Å²) in [5.74, 6) is -1.05. The number of amides is 4. The van der Waals surface area contributed by atoms with E-state index in [2.05, 4.69) is 16.7 Å². The highest BCUT2D eigenvalue weighted by Crippen LogP contribution is 2.33. The molecule has 0 saturated heterocycles. The second-order valence-corrected chi connectivity index (χ2v) is 16.8. The number of hydrogen-bond acceptors (Lipinski definition) is 8. The first-order valence-corrected chi connectivity index (χ1v) is 19.2. The molecular weight excluding hydrogens is 713 g/mol. The Labute approximate surface area is 330 Å². The van der Waals surface area contributed by atoms with Crippen molar-refractivity contribution < 1.29 is 38.2 Å². The third-order valence-corrected chi connectivity index (χ3v) is 10.4. The van der Waals surface area contributed by atoms with Gasteiger partial charge in [-0.05, 0) is 104 Å². The quantitative estimate of drug-likeness (QED) is 0.230. The molecule has 12 heteroatoms. The van der Waals surface area contributed by atoms with Gasteiger partial charge in [-0.3, -0.25) is 19.3 Å². The van der Waals surface area contributed by atoms with E-state index < -0.39 is 53.0 Å². The Hall–Kier alpha value is -5.39. The molecule has 4 amide bonds. The molecule has 3 unspecified atom stereocenters. The minimum Gasteiger partial charge on any atom is -0.489 e. The van der Waals surface area contributed by atoms with Crippen molar-refractivity contribution in [3.05, 3.63) is 100 Å². The lowest BCUT2D eigenvalue weighted by atomic mass is 9.83. The van der Waals surface area contributed by atoms with E-state index in [0.29, 0.717) is 11.3 Å². The molecule has 0 aromatic heterocycles. The molecule has 5 rings (SSSR count). The summed E-state index contributed by atoms with van der Waals surface area (Å²) in [6.45, 7) is 12.7. The van der Waals surface area contributed by atoms with Crippen LogP contribution in [0.2, 0.25) is 0 Å². The van der Waals surface area contributed by atoms with Gasteiger partial charge >= 0.3 is 12.1 Å². The molecule has 300 valence electrons. The number of fused-ring (bicyclic) bond motifs is 2. The van der Waals surface area contributed by atoms with Gasteiger partial charge in [-0.15, -0.1) is 0 Å². The average molecular weight is 769 g/mol. The summed E-state index contributed by atoms with van der Waals surface area (Å²) in [6, 6.07) is 17.7. The lowest BCUT2D eigenvalue weighted by Gasteiger charge is -2.42. The van der Waals surface area contributed by atoms with E-state index in [1.54, 1.807) is 56.9 Å². The minimum atomic E-state index is -1.04. The van der Waals surface area contributed by atoms with Gasteiger partial charge in [-0.2, -0.15) is 0 Å². The van der Waals surface area contributed by atoms with Crippen molar-refractivity contribution in [1.29, 1.82) is 0 Å². The van der Waals surface area contributed by atoms with Crippen LogP contribution in [-0.4, -0.2) is 77.5 Å². The van der Waals surface area contributed by atoms with E-state index >= 15 is 0 Å². The number of ether oxygens (including phenoxy) is 3. The van der Waals surface area contributed by atoms with Gasteiger partial charge in [0.25, 0.3) is 0 Å². The number of nitrogens with zero attached hydrogens (tertiary/aromatic N) is 2. The number of rotatable bonds is 10. The summed E-state index contributed by atoms with van der Waals surface area (Å²) in [5.41, 5.74) is 3.80. The predicted molar refractivity (Wildman–Crippen MR) is 212 cm³/mol. The second-order valence-electron chi connectivity index (χ2n) is 16.8. The Balaban J connectivity index is 1.41. The van der Waals surface area contributed by atoms with Gasteiger partial charge in [0.1, 0.15) is 36.1 Å². The van der Waals surface area contributed by atoms with Crippen molar-refractivity contribution in [3.63, 3.8) is 0 Å². The van der Waals surface area contributed by atoms with E-state index in [0.717, 1.165) is 41.5 Å². The van der Waals surface area contributed by atoms with Gasteiger partial charge in [-0.25, -0.2) is 9.59 Å². The molecule has 4 atom stereocenters. The number of carbonyl (C=O) groups is 5. The normalized spacial score (nSPS) is 17.6. The highest BCUT2D eigenvalue weighted by atomic mass is 16.6. The maximum absolute atomic E-state index is 14.9. The first-order valence-electron chi connectivity index (χ1n) is 19.2. The molecule has 2 N–H and O–H groups in total. The molecule has 1 heterocycles. The van der Waals surface area contributed by atoms with Crippen molar-refractivity contribution in [2.45, 2.75) is 117 Å². The highest BCUT2D eigenvalue weighted by molar-refractivity contribution is 5.95. The number of carbonyl (C=O) groups excluding carboxylic acids is 5. The van der Waals surface area contributed by atoms with Crippen molar-refractivity contribution in [3.8, 4) is 5.75 Å². The Morgan fingerprint density at radius 3 is 2.27 bits per heavy atom. The van der Waals surface area contributed by atoms with Crippen LogP contribution in [-0.2, 0) is 49.9 Å². The van der Waals surface area contributed by atoms with Crippen molar-refractivity contribution >= 4 is 29.8 Å². The molecule has 3 aromatic rings. The highest BCUT2D eigenvalue weighted by Gasteiger charge is 2.43. The van der Waals surface area contributed by atoms with E-state index in [1.165, 1.54) is 24.6 Å². The Morgan fingerprint density at radius 2 is 1.61 bits per heavy atom. The molecule has 3 aromatic carbocycles. The summed E-state index contributed by atoms with van der Waals surface area (Å²) in [4.78, 5) is 70.4. The van der Waals surface area contributed by atoms with E-state index in [1.807, 2.05) is 57.2 Å². The number of likely N-dealkylation sites (N-methyl/N-ethyl adjacent to an activating group) is 1. The molecule has 0 fully saturated rings. The zero-order valence-electron chi connectivity index (χ0n) is 34.1. The number of esters is 1. The SMILES string of the molecule is COC(=O)c1ccc(COc2ccc3c(c2)CN(C(=O)C(NC(=O)[C@H](C)N(C)C(=O)OC(C)(C)C)C(C)(C)C)C(C(=O)NC2CCCc4ccccc42)C3)cc1. The Bertz CT molecular complexity index is 1930. The molecule has 0 saturated carbocycles. The molecule has 0 bridgehead atoms. The number of methoxy groups -OCH3 is 1. The number of benzene rings is 3. The Kier molecular flexibility index (Phi) is 12.8. The third kappa shape index (κ3) is 10.1. The van der Waals surface area contributed by atoms with Crippen LogP contribution >= 0.6 is 0 Å². The number of aryl methyl sites for hydroxylation is 1. The van der Waals surface area contributed by atoms with Gasteiger partial charge in [0, 0.05) is 20.0 Å². The molecular formula is C44H56N4O8. The topological polar surface area (TPSA) is 144 Å². The summed E-state index contributed by atoms with van der Waals surface area (Å²) < 4.78 is 16.4. The molecule has 0 spiro atoms. The summed E-state index contributed by atoms with van der Waals surface area (Å²) in [7, 11) is 2.82. The van der Waals surface area contributed by atoms with E-state index in [9.17, 15) is 24.0 Å². The van der Waals surface area contributed by atoms with E-state index in [-0.39, 0.29) is 31.5 Å². The summed E-state index contributed by atoms with van der Waals surface area (Å²) in [5, 5.41) is 6.21. The summed E-state index contributed by atoms with van der Waals surface area (Å²) >= 11 is 0. The Morgan fingerprint density at radius 1 is 0.911 bits per heavy atom. The van der Waals surface area contributed by atoms with Crippen LogP contribution in [0.5, 0.6) is 5.75 Å². The summed E-state index contributed by atoms with van der Waals surface area (Å²) in [6.07, 6.45) is 2.27. The largest absolute Gasteiger partial charge is 0.489 e. The van der Waals surface area contributed by atoms with Crippen LogP contribution in [0.3, 0.4) is 0 Å².